The van der Waals surface area contributed by atoms with Gasteiger partial charge in [-0.3, -0.25) is 4.79 Å². The lowest BCUT2D eigenvalue weighted by Crippen LogP contribution is -2.55. The van der Waals surface area contributed by atoms with Crippen molar-refractivity contribution in [3.63, 3.8) is 0 Å². The van der Waals surface area contributed by atoms with Crippen LogP contribution in [0.4, 0.5) is 0 Å². The predicted molar refractivity (Wildman–Crippen MR) is 136 cm³/mol. The molecule has 0 atom stereocenters. The van der Waals surface area contributed by atoms with Gasteiger partial charge in [-0.2, -0.15) is 0 Å². The molecule has 6 heteroatoms. The molecule has 1 aliphatic carbocycles. The van der Waals surface area contributed by atoms with Gasteiger partial charge in [-0.1, -0.05) is 109 Å². The summed E-state index contributed by atoms with van der Waals surface area (Å²) in [5.41, 5.74) is 2.06. The SMILES string of the molecule is O=COC(C(=O)OCc1ccccc1)(C(=O)OCc1ccccc1)C1c2ccccc2-c2ccccc21. The molecule has 184 valence electrons. The van der Waals surface area contributed by atoms with E-state index in [0.29, 0.717) is 11.1 Å². The zero-order valence-corrected chi connectivity index (χ0v) is 19.9. The minimum atomic E-state index is -2.39. The van der Waals surface area contributed by atoms with Crippen LogP contribution in [0, 0.1) is 0 Å². The number of carbonyl (C=O) groups excluding carboxylic acids is 3. The summed E-state index contributed by atoms with van der Waals surface area (Å²) in [4.78, 5) is 39.7. The number of rotatable bonds is 9. The molecule has 0 saturated carbocycles. The number of carbonyl (C=O) groups is 3. The fraction of sp³-hybridized carbons (Fsp3) is 0.129. The van der Waals surface area contributed by atoms with Crippen LogP contribution < -0.4 is 0 Å². The lowest BCUT2D eigenvalue weighted by atomic mass is 9.79. The second-order valence-electron chi connectivity index (χ2n) is 8.68. The summed E-state index contributed by atoms with van der Waals surface area (Å²) in [7, 11) is 0. The van der Waals surface area contributed by atoms with Gasteiger partial charge in [0.1, 0.15) is 13.2 Å². The molecule has 0 aliphatic heterocycles. The zero-order chi connectivity index (χ0) is 25.7. The summed E-state index contributed by atoms with van der Waals surface area (Å²) in [5, 5.41) is 0. The average molecular weight is 493 g/mol. The highest BCUT2D eigenvalue weighted by Gasteiger charge is 2.61. The smallest absolute Gasteiger partial charge is 0.363 e. The van der Waals surface area contributed by atoms with E-state index >= 15 is 0 Å². The first-order chi connectivity index (χ1) is 18.1. The summed E-state index contributed by atoms with van der Waals surface area (Å²) in [6, 6.07) is 33.0. The van der Waals surface area contributed by atoms with E-state index in [1.165, 1.54) is 0 Å². The summed E-state index contributed by atoms with van der Waals surface area (Å²) in [6.07, 6.45) is 0. The number of benzene rings is 4. The Hall–Kier alpha value is -4.71. The second kappa shape index (κ2) is 10.5. The highest BCUT2D eigenvalue weighted by Crippen LogP contribution is 2.51. The Labute approximate surface area is 214 Å². The normalized spacial score (nSPS) is 12.2. The third-order valence-electron chi connectivity index (χ3n) is 6.51. The van der Waals surface area contributed by atoms with E-state index in [1.807, 2.05) is 84.9 Å². The molecular weight excluding hydrogens is 468 g/mol. The van der Waals surface area contributed by atoms with Crippen LogP contribution in [-0.2, 0) is 41.8 Å². The monoisotopic (exact) mass is 492 g/mol. The second-order valence-corrected chi connectivity index (χ2v) is 8.68. The van der Waals surface area contributed by atoms with Crippen LogP contribution in [0.1, 0.15) is 28.2 Å². The van der Waals surface area contributed by atoms with Crippen molar-refractivity contribution >= 4 is 18.4 Å². The summed E-state index contributed by atoms with van der Waals surface area (Å²) in [5.74, 6) is -2.97. The number of esters is 2. The van der Waals surface area contributed by atoms with Crippen molar-refractivity contribution in [2.75, 3.05) is 0 Å². The molecule has 0 N–H and O–H groups in total. The van der Waals surface area contributed by atoms with Crippen LogP contribution in [0.5, 0.6) is 0 Å². The maximum absolute atomic E-state index is 13.9. The van der Waals surface area contributed by atoms with Crippen LogP contribution in [0.15, 0.2) is 109 Å². The molecule has 0 bridgehead atoms. The van der Waals surface area contributed by atoms with Gasteiger partial charge in [-0.15, -0.1) is 0 Å². The van der Waals surface area contributed by atoms with Crippen molar-refractivity contribution in [1.29, 1.82) is 0 Å². The Balaban J connectivity index is 1.59. The van der Waals surface area contributed by atoms with E-state index < -0.39 is 23.5 Å². The van der Waals surface area contributed by atoms with Crippen molar-refractivity contribution in [1.82, 2.24) is 0 Å². The number of ether oxygens (including phenoxy) is 3. The fourth-order valence-corrected chi connectivity index (χ4v) is 4.81. The van der Waals surface area contributed by atoms with Crippen LogP contribution in [0.3, 0.4) is 0 Å². The highest BCUT2D eigenvalue weighted by atomic mass is 16.6. The third kappa shape index (κ3) is 4.49. The standard InChI is InChI=1S/C31H24O6/c32-21-37-31(29(33)35-19-22-11-3-1-4-12-22,30(34)36-20-23-13-5-2-6-14-23)28-26-17-9-7-15-24(26)25-16-8-10-18-27(25)28/h1-18,21,28H,19-20H2. The number of hydrogen-bond donors (Lipinski definition) is 0. The van der Waals surface area contributed by atoms with Crippen LogP contribution >= 0.6 is 0 Å². The van der Waals surface area contributed by atoms with Gasteiger partial charge < -0.3 is 14.2 Å². The molecule has 37 heavy (non-hydrogen) atoms. The molecule has 0 unspecified atom stereocenters. The van der Waals surface area contributed by atoms with Crippen molar-refractivity contribution in [2.45, 2.75) is 24.7 Å². The zero-order valence-electron chi connectivity index (χ0n) is 19.9. The van der Waals surface area contributed by atoms with Gasteiger partial charge in [-0.05, 0) is 33.4 Å². The molecule has 1 aliphatic rings. The molecule has 6 nitrogen and oxygen atoms in total. The molecule has 0 aromatic heterocycles. The predicted octanol–water partition coefficient (Wildman–Crippen LogP) is 5.20. The molecular formula is C31H24O6. The molecule has 0 saturated heterocycles. The fourth-order valence-electron chi connectivity index (χ4n) is 4.81. The average Bonchev–Trinajstić information content (AvgIpc) is 3.29. The first-order valence-electron chi connectivity index (χ1n) is 11.9. The van der Waals surface area contributed by atoms with Gasteiger partial charge in [0.2, 0.25) is 0 Å². The molecule has 0 amide bonds. The molecule has 0 heterocycles. The van der Waals surface area contributed by atoms with E-state index in [-0.39, 0.29) is 19.7 Å². The Morgan fingerprint density at radius 1 is 0.622 bits per heavy atom. The maximum atomic E-state index is 13.9. The van der Waals surface area contributed by atoms with Crippen molar-refractivity contribution in [3.05, 3.63) is 131 Å². The molecule has 0 fully saturated rings. The van der Waals surface area contributed by atoms with Gasteiger partial charge >= 0.3 is 17.5 Å². The first-order valence-corrected chi connectivity index (χ1v) is 11.9. The largest absolute Gasteiger partial charge is 0.457 e. The molecule has 0 radical (unpaired) electrons. The van der Waals surface area contributed by atoms with Crippen molar-refractivity contribution in [2.24, 2.45) is 0 Å². The number of fused-ring (bicyclic) bond motifs is 3. The van der Waals surface area contributed by atoms with Gasteiger partial charge in [0, 0.05) is 0 Å². The van der Waals surface area contributed by atoms with Crippen molar-refractivity contribution < 1.29 is 28.6 Å². The Bertz CT molecular complexity index is 1310. The van der Waals surface area contributed by atoms with E-state index in [2.05, 4.69) is 0 Å². The lowest BCUT2D eigenvalue weighted by molar-refractivity contribution is -0.194. The van der Waals surface area contributed by atoms with E-state index in [1.54, 1.807) is 24.3 Å². The minimum Gasteiger partial charge on any atom is -0.457 e. The van der Waals surface area contributed by atoms with Gasteiger partial charge in [0.05, 0.1) is 5.92 Å². The van der Waals surface area contributed by atoms with Crippen LogP contribution in [-0.4, -0.2) is 24.0 Å². The van der Waals surface area contributed by atoms with E-state index in [9.17, 15) is 14.4 Å². The lowest BCUT2D eigenvalue weighted by Gasteiger charge is -2.33. The quantitative estimate of drug-likeness (QED) is 0.138. The Morgan fingerprint density at radius 3 is 1.46 bits per heavy atom. The first kappa shape index (κ1) is 24.0. The van der Waals surface area contributed by atoms with E-state index in [0.717, 1.165) is 22.3 Å². The van der Waals surface area contributed by atoms with Crippen LogP contribution in [0.2, 0.25) is 0 Å². The van der Waals surface area contributed by atoms with Gasteiger partial charge in [0.25, 0.3) is 6.47 Å². The minimum absolute atomic E-state index is 0.106. The maximum Gasteiger partial charge on any atom is 0.363 e. The van der Waals surface area contributed by atoms with Gasteiger partial charge in [0.15, 0.2) is 0 Å². The molecule has 5 rings (SSSR count). The Morgan fingerprint density at radius 2 is 1.03 bits per heavy atom. The molecule has 4 aromatic rings. The highest BCUT2D eigenvalue weighted by molar-refractivity contribution is 6.07. The van der Waals surface area contributed by atoms with Crippen molar-refractivity contribution in [3.8, 4) is 11.1 Å². The molecule has 4 aromatic carbocycles. The third-order valence-corrected chi connectivity index (χ3v) is 6.51. The van der Waals surface area contributed by atoms with Gasteiger partial charge in [-0.25, -0.2) is 9.59 Å². The van der Waals surface area contributed by atoms with E-state index in [4.69, 9.17) is 14.2 Å². The van der Waals surface area contributed by atoms with Crippen LogP contribution in [0.25, 0.3) is 11.1 Å². The summed E-state index contributed by atoms with van der Waals surface area (Å²) in [6.45, 7) is -0.103. The summed E-state index contributed by atoms with van der Waals surface area (Å²) < 4.78 is 16.8. The molecule has 0 spiro atoms. The summed E-state index contributed by atoms with van der Waals surface area (Å²) >= 11 is 0. The Kier molecular flexibility index (Phi) is 6.81. The topological polar surface area (TPSA) is 78.9 Å². The number of hydrogen-bond acceptors (Lipinski definition) is 6.